The highest BCUT2D eigenvalue weighted by Crippen LogP contribution is 2.37. The first kappa shape index (κ1) is 16.1. The fraction of sp³-hybridized carbons (Fsp3) is 0.200. The average molecular weight is 316 g/mol. The van der Waals surface area contributed by atoms with Gasteiger partial charge in [-0.05, 0) is 29.8 Å². The van der Waals surface area contributed by atoms with Gasteiger partial charge in [0.05, 0.1) is 13.7 Å². The van der Waals surface area contributed by atoms with Crippen LogP contribution in [0.5, 0.6) is 11.5 Å². The van der Waals surface area contributed by atoms with E-state index in [0.717, 1.165) is 12.1 Å². The van der Waals surface area contributed by atoms with Crippen LogP contribution < -0.4 is 9.47 Å². The number of hydrogen-bond acceptors (Lipinski definition) is 3. The van der Waals surface area contributed by atoms with Gasteiger partial charge in [-0.25, -0.2) is 4.39 Å². The maximum Gasteiger partial charge on any atom is 0.573 e. The molecule has 0 heterocycles. The summed E-state index contributed by atoms with van der Waals surface area (Å²) in [6.07, 6.45) is -4.93. The highest BCUT2D eigenvalue weighted by atomic mass is 19.4. The Hall–Kier alpha value is -2.28. The van der Waals surface area contributed by atoms with Crippen molar-refractivity contribution in [2.45, 2.75) is 13.0 Å². The van der Waals surface area contributed by atoms with E-state index in [4.69, 9.17) is 9.84 Å². The van der Waals surface area contributed by atoms with Crippen LogP contribution in [-0.2, 0) is 6.61 Å². The summed E-state index contributed by atoms with van der Waals surface area (Å²) < 4.78 is 60.4. The van der Waals surface area contributed by atoms with Gasteiger partial charge in [0.15, 0.2) is 0 Å². The van der Waals surface area contributed by atoms with Gasteiger partial charge in [0.1, 0.15) is 17.3 Å². The number of hydrogen-bond donors (Lipinski definition) is 1. The third-order valence-corrected chi connectivity index (χ3v) is 2.92. The zero-order chi connectivity index (χ0) is 16.3. The molecule has 0 bridgehead atoms. The van der Waals surface area contributed by atoms with E-state index >= 15 is 0 Å². The predicted octanol–water partition coefficient (Wildman–Crippen LogP) is 3.89. The van der Waals surface area contributed by atoms with E-state index < -0.39 is 24.5 Å². The minimum atomic E-state index is -4.93. The summed E-state index contributed by atoms with van der Waals surface area (Å²) in [5.74, 6) is -1.02. The number of rotatable bonds is 4. The van der Waals surface area contributed by atoms with Crippen LogP contribution >= 0.6 is 0 Å². The first-order valence-electron chi connectivity index (χ1n) is 6.17. The number of aliphatic hydroxyl groups excluding tert-OH is 1. The van der Waals surface area contributed by atoms with Crippen LogP contribution in [0.2, 0.25) is 0 Å². The Labute approximate surface area is 123 Å². The number of aliphatic hydroxyl groups is 1. The van der Waals surface area contributed by atoms with Gasteiger partial charge in [0.2, 0.25) is 0 Å². The van der Waals surface area contributed by atoms with Gasteiger partial charge in [-0.3, -0.25) is 0 Å². The fourth-order valence-electron chi connectivity index (χ4n) is 1.93. The van der Waals surface area contributed by atoms with Gasteiger partial charge in [0.25, 0.3) is 0 Å². The number of alkyl halides is 3. The third-order valence-electron chi connectivity index (χ3n) is 2.92. The molecule has 0 aromatic heterocycles. The van der Waals surface area contributed by atoms with E-state index in [1.807, 2.05) is 0 Å². The molecule has 0 fully saturated rings. The van der Waals surface area contributed by atoms with E-state index in [9.17, 15) is 17.6 Å². The molecule has 0 saturated carbocycles. The van der Waals surface area contributed by atoms with Crippen LogP contribution in [0.3, 0.4) is 0 Å². The maximum absolute atomic E-state index is 13.9. The lowest BCUT2D eigenvalue weighted by atomic mass is 10.0. The Morgan fingerprint density at radius 1 is 1.05 bits per heavy atom. The normalized spacial score (nSPS) is 11.4. The van der Waals surface area contributed by atoms with Crippen molar-refractivity contribution in [2.75, 3.05) is 7.11 Å². The standard InChI is InChI=1S/C15H12F4O3/c1-21-10-3-5-13(16)12(7-10)11-4-2-9(8-20)6-14(11)22-15(17,18)19/h2-7,20H,8H2,1H3. The van der Waals surface area contributed by atoms with Crippen LogP contribution in [0.1, 0.15) is 5.56 Å². The molecule has 2 aromatic rings. The second-order valence-electron chi connectivity index (χ2n) is 4.38. The summed E-state index contributed by atoms with van der Waals surface area (Å²) >= 11 is 0. The van der Waals surface area contributed by atoms with Crippen molar-refractivity contribution in [3.05, 3.63) is 47.8 Å². The lowest BCUT2D eigenvalue weighted by Gasteiger charge is -2.15. The molecule has 0 aliphatic carbocycles. The van der Waals surface area contributed by atoms with E-state index in [-0.39, 0.29) is 16.7 Å². The second-order valence-corrected chi connectivity index (χ2v) is 4.38. The van der Waals surface area contributed by atoms with Crippen molar-refractivity contribution in [2.24, 2.45) is 0 Å². The predicted molar refractivity (Wildman–Crippen MR) is 71.0 cm³/mol. The van der Waals surface area contributed by atoms with Crippen LogP contribution in [0, 0.1) is 5.82 Å². The molecule has 0 aliphatic heterocycles. The molecule has 0 unspecified atom stereocenters. The second kappa shape index (κ2) is 6.23. The lowest BCUT2D eigenvalue weighted by molar-refractivity contribution is -0.274. The van der Waals surface area contributed by atoms with Gasteiger partial charge in [0, 0.05) is 11.1 Å². The minimum Gasteiger partial charge on any atom is -0.497 e. The van der Waals surface area contributed by atoms with Crippen molar-refractivity contribution < 1.29 is 32.1 Å². The molecule has 22 heavy (non-hydrogen) atoms. The summed E-state index contributed by atoms with van der Waals surface area (Å²) in [6.45, 7) is -0.463. The minimum absolute atomic E-state index is 0.0917. The third kappa shape index (κ3) is 3.67. The lowest BCUT2D eigenvalue weighted by Crippen LogP contribution is -2.18. The SMILES string of the molecule is COc1ccc(F)c(-c2ccc(CO)cc2OC(F)(F)F)c1. The summed E-state index contributed by atoms with van der Waals surface area (Å²) in [4.78, 5) is 0. The molecule has 0 amide bonds. The van der Waals surface area contributed by atoms with Crippen molar-refractivity contribution in [1.82, 2.24) is 0 Å². The van der Waals surface area contributed by atoms with Gasteiger partial charge in [-0.2, -0.15) is 0 Å². The fourth-order valence-corrected chi connectivity index (χ4v) is 1.93. The first-order chi connectivity index (χ1) is 10.3. The molecule has 0 aliphatic rings. The van der Waals surface area contributed by atoms with E-state index in [1.165, 1.54) is 31.4 Å². The van der Waals surface area contributed by atoms with Crippen LogP contribution in [-0.4, -0.2) is 18.6 Å². The number of halogens is 4. The number of ether oxygens (including phenoxy) is 2. The quantitative estimate of drug-likeness (QED) is 0.870. The molecule has 3 nitrogen and oxygen atoms in total. The Kier molecular flexibility index (Phi) is 4.56. The summed E-state index contributed by atoms with van der Waals surface area (Å²) in [5.41, 5.74) is 0.0281. The van der Waals surface area contributed by atoms with Crippen molar-refractivity contribution in [3.8, 4) is 22.6 Å². The van der Waals surface area contributed by atoms with Gasteiger partial charge in [-0.1, -0.05) is 12.1 Å². The van der Waals surface area contributed by atoms with E-state index in [0.29, 0.717) is 5.75 Å². The summed E-state index contributed by atoms with van der Waals surface area (Å²) in [7, 11) is 1.36. The summed E-state index contributed by atoms with van der Waals surface area (Å²) in [5, 5.41) is 9.03. The number of methoxy groups -OCH3 is 1. The molecule has 0 radical (unpaired) electrons. The van der Waals surface area contributed by atoms with Crippen molar-refractivity contribution in [3.63, 3.8) is 0 Å². The Bertz CT molecular complexity index is 668. The number of benzene rings is 2. The van der Waals surface area contributed by atoms with E-state index in [1.54, 1.807) is 0 Å². The Morgan fingerprint density at radius 3 is 2.36 bits per heavy atom. The van der Waals surface area contributed by atoms with Crippen LogP contribution in [0.15, 0.2) is 36.4 Å². The monoisotopic (exact) mass is 316 g/mol. The molecular weight excluding hydrogens is 304 g/mol. The van der Waals surface area contributed by atoms with Gasteiger partial charge in [-0.15, -0.1) is 13.2 Å². The van der Waals surface area contributed by atoms with Crippen LogP contribution in [0.4, 0.5) is 17.6 Å². The molecule has 2 aromatic carbocycles. The molecule has 118 valence electrons. The molecule has 0 saturated heterocycles. The topological polar surface area (TPSA) is 38.7 Å². The molecule has 2 rings (SSSR count). The molecule has 0 spiro atoms. The zero-order valence-electron chi connectivity index (χ0n) is 11.4. The highest BCUT2D eigenvalue weighted by Gasteiger charge is 2.32. The first-order valence-corrected chi connectivity index (χ1v) is 6.17. The molecule has 7 heteroatoms. The molecule has 0 atom stereocenters. The largest absolute Gasteiger partial charge is 0.573 e. The Balaban J connectivity index is 2.59. The van der Waals surface area contributed by atoms with Crippen LogP contribution in [0.25, 0.3) is 11.1 Å². The molecule has 1 N–H and O–H groups in total. The van der Waals surface area contributed by atoms with Crippen molar-refractivity contribution >= 4 is 0 Å². The highest BCUT2D eigenvalue weighted by molar-refractivity contribution is 5.72. The zero-order valence-corrected chi connectivity index (χ0v) is 11.4. The smallest absolute Gasteiger partial charge is 0.497 e. The van der Waals surface area contributed by atoms with Gasteiger partial charge < -0.3 is 14.6 Å². The van der Waals surface area contributed by atoms with Crippen molar-refractivity contribution in [1.29, 1.82) is 0 Å². The summed E-state index contributed by atoms with van der Waals surface area (Å²) in [6, 6.07) is 7.37. The Morgan fingerprint density at radius 2 is 1.77 bits per heavy atom. The van der Waals surface area contributed by atoms with Gasteiger partial charge >= 0.3 is 6.36 Å². The average Bonchev–Trinajstić information content (AvgIpc) is 2.46. The maximum atomic E-state index is 13.9. The van der Waals surface area contributed by atoms with E-state index in [2.05, 4.69) is 4.74 Å². The molecular formula is C15H12F4O3.